The van der Waals surface area contributed by atoms with Gasteiger partial charge in [0, 0.05) is 5.88 Å². The normalized spacial score (nSPS) is 10.1. The molecule has 0 aliphatic carbocycles. The Balaban J connectivity index is 1.75. The molecule has 2 aromatic rings. The number of hydrogen-bond donors (Lipinski definition) is 0. The SMILES string of the molecule is COc1ccc(OCCOc2cccc(CCl)c2)cc1. The number of halogens is 1. The number of rotatable bonds is 7. The molecule has 0 N–H and O–H groups in total. The highest BCUT2D eigenvalue weighted by atomic mass is 35.5. The van der Waals surface area contributed by atoms with E-state index in [-0.39, 0.29) is 0 Å². The average Bonchev–Trinajstić information content (AvgIpc) is 2.52. The van der Waals surface area contributed by atoms with Gasteiger partial charge in [-0.05, 0) is 42.0 Å². The fraction of sp³-hybridized carbons (Fsp3) is 0.250. The highest BCUT2D eigenvalue weighted by Gasteiger charge is 1.98. The van der Waals surface area contributed by atoms with Crippen LogP contribution in [0.5, 0.6) is 17.2 Å². The number of alkyl halides is 1. The molecule has 0 radical (unpaired) electrons. The summed E-state index contributed by atoms with van der Waals surface area (Å²) in [7, 11) is 1.64. The summed E-state index contributed by atoms with van der Waals surface area (Å²) in [6.07, 6.45) is 0. The Labute approximate surface area is 124 Å². The summed E-state index contributed by atoms with van der Waals surface area (Å²) < 4.78 is 16.3. The number of ether oxygens (including phenoxy) is 3. The predicted molar refractivity (Wildman–Crippen MR) is 80.0 cm³/mol. The summed E-state index contributed by atoms with van der Waals surface area (Å²) in [6.45, 7) is 0.967. The van der Waals surface area contributed by atoms with E-state index in [2.05, 4.69) is 0 Å². The molecule has 0 bridgehead atoms. The van der Waals surface area contributed by atoms with Crippen LogP contribution in [0.2, 0.25) is 0 Å². The van der Waals surface area contributed by atoms with Crippen LogP contribution in [0, 0.1) is 0 Å². The topological polar surface area (TPSA) is 27.7 Å². The first kappa shape index (κ1) is 14.5. The minimum Gasteiger partial charge on any atom is -0.497 e. The van der Waals surface area contributed by atoms with Gasteiger partial charge in [-0.2, -0.15) is 0 Å². The first-order chi connectivity index (χ1) is 9.81. The van der Waals surface area contributed by atoms with E-state index in [4.69, 9.17) is 25.8 Å². The Morgan fingerprint density at radius 2 is 1.50 bits per heavy atom. The van der Waals surface area contributed by atoms with Gasteiger partial charge in [-0.15, -0.1) is 11.6 Å². The van der Waals surface area contributed by atoms with E-state index in [0.29, 0.717) is 19.1 Å². The molecule has 106 valence electrons. The molecule has 0 saturated heterocycles. The minimum atomic E-state index is 0.484. The number of hydrogen-bond acceptors (Lipinski definition) is 3. The minimum absolute atomic E-state index is 0.484. The van der Waals surface area contributed by atoms with E-state index < -0.39 is 0 Å². The third-order valence-corrected chi connectivity index (χ3v) is 3.04. The lowest BCUT2D eigenvalue weighted by molar-refractivity contribution is 0.217. The lowest BCUT2D eigenvalue weighted by Gasteiger charge is -2.09. The standard InChI is InChI=1S/C16H17ClO3/c1-18-14-5-7-15(8-6-14)19-9-10-20-16-4-2-3-13(11-16)12-17/h2-8,11H,9-10,12H2,1H3. The molecule has 0 aromatic heterocycles. The molecule has 0 aliphatic heterocycles. The lowest BCUT2D eigenvalue weighted by atomic mass is 10.2. The Hall–Kier alpha value is -1.87. The Bertz CT molecular complexity index is 526. The molecule has 0 unspecified atom stereocenters. The van der Waals surface area contributed by atoms with Crippen LogP contribution < -0.4 is 14.2 Å². The molecule has 2 rings (SSSR count). The van der Waals surface area contributed by atoms with Crippen LogP contribution in [-0.2, 0) is 5.88 Å². The molecule has 0 heterocycles. The number of methoxy groups -OCH3 is 1. The Kier molecular flexibility index (Phi) is 5.56. The summed E-state index contributed by atoms with van der Waals surface area (Å²) in [6, 6.07) is 15.2. The van der Waals surface area contributed by atoms with Gasteiger partial charge in [0.05, 0.1) is 7.11 Å². The third kappa shape index (κ3) is 4.35. The van der Waals surface area contributed by atoms with Crippen molar-refractivity contribution in [2.24, 2.45) is 0 Å². The van der Waals surface area contributed by atoms with Crippen LogP contribution in [0.4, 0.5) is 0 Å². The molecule has 0 fully saturated rings. The first-order valence-corrected chi connectivity index (χ1v) is 6.90. The predicted octanol–water partition coefficient (Wildman–Crippen LogP) is 3.89. The second kappa shape index (κ2) is 7.65. The van der Waals surface area contributed by atoms with E-state index in [1.165, 1.54) is 0 Å². The highest BCUT2D eigenvalue weighted by Crippen LogP contribution is 2.17. The van der Waals surface area contributed by atoms with Crippen LogP contribution in [0.15, 0.2) is 48.5 Å². The van der Waals surface area contributed by atoms with Gasteiger partial charge >= 0.3 is 0 Å². The fourth-order valence-electron chi connectivity index (χ4n) is 1.71. The monoisotopic (exact) mass is 292 g/mol. The van der Waals surface area contributed by atoms with Crippen molar-refractivity contribution in [2.75, 3.05) is 20.3 Å². The zero-order valence-electron chi connectivity index (χ0n) is 11.3. The van der Waals surface area contributed by atoms with Crippen LogP contribution in [0.3, 0.4) is 0 Å². The summed E-state index contributed by atoms with van der Waals surface area (Å²) in [5, 5.41) is 0. The molecule has 4 heteroatoms. The zero-order valence-corrected chi connectivity index (χ0v) is 12.1. The molecular weight excluding hydrogens is 276 g/mol. The van der Waals surface area contributed by atoms with Crippen LogP contribution in [-0.4, -0.2) is 20.3 Å². The molecule has 20 heavy (non-hydrogen) atoms. The summed E-state index contributed by atoms with van der Waals surface area (Å²) in [5.41, 5.74) is 1.04. The smallest absolute Gasteiger partial charge is 0.122 e. The van der Waals surface area contributed by atoms with E-state index >= 15 is 0 Å². The number of benzene rings is 2. The van der Waals surface area contributed by atoms with Crippen molar-refractivity contribution in [1.82, 2.24) is 0 Å². The highest BCUT2D eigenvalue weighted by molar-refractivity contribution is 6.17. The van der Waals surface area contributed by atoms with Crippen molar-refractivity contribution < 1.29 is 14.2 Å². The van der Waals surface area contributed by atoms with Gasteiger partial charge in [0.25, 0.3) is 0 Å². The maximum absolute atomic E-state index is 5.77. The molecule has 0 aliphatic rings. The molecule has 3 nitrogen and oxygen atoms in total. The van der Waals surface area contributed by atoms with Gasteiger partial charge in [0.1, 0.15) is 30.5 Å². The second-order valence-corrected chi connectivity index (χ2v) is 4.42. The molecular formula is C16H17ClO3. The molecule has 0 saturated carbocycles. The van der Waals surface area contributed by atoms with Crippen LogP contribution in [0.25, 0.3) is 0 Å². The second-order valence-electron chi connectivity index (χ2n) is 4.15. The Morgan fingerprint density at radius 3 is 2.15 bits per heavy atom. The molecule has 0 spiro atoms. The Morgan fingerprint density at radius 1 is 0.850 bits per heavy atom. The largest absolute Gasteiger partial charge is 0.497 e. The maximum atomic E-state index is 5.77. The van der Waals surface area contributed by atoms with Gasteiger partial charge in [-0.1, -0.05) is 12.1 Å². The van der Waals surface area contributed by atoms with Gasteiger partial charge in [-0.3, -0.25) is 0 Å². The van der Waals surface area contributed by atoms with Crippen molar-refractivity contribution >= 4 is 11.6 Å². The molecule has 0 atom stereocenters. The van der Waals surface area contributed by atoms with Crippen LogP contribution >= 0.6 is 11.6 Å². The van der Waals surface area contributed by atoms with Gasteiger partial charge in [0.2, 0.25) is 0 Å². The van der Waals surface area contributed by atoms with E-state index in [9.17, 15) is 0 Å². The zero-order chi connectivity index (χ0) is 14.2. The van der Waals surface area contributed by atoms with Crippen molar-refractivity contribution in [1.29, 1.82) is 0 Å². The summed E-state index contributed by atoms with van der Waals surface area (Å²) in [5.74, 6) is 2.90. The third-order valence-electron chi connectivity index (χ3n) is 2.73. The van der Waals surface area contributed by atoms with E-state index in [1.54, 1.807) is 7.11 Å². The van der Waals surface area contributed by atoms with Crippen molar-refractivity contribution in [3.05, 3.63) is 54.1 Å². The van der Waals surface area contributed by atoms with Gasteiger partial charge < -0.3 is 14.2 Å². The van der Waals surface area contributed by atoms with Crippen molar-refractivity contribution in [3.63, 3.8) is 0 Å². The molecule has 2 aromatic carbocycles. The summed E-state index contributed by atoms with van der Waals surface area (Å²) >= 11 is 5.77. The maximum Gasteiger partial charge on any atom is 0.122 e. The quantitative estimate of drug-likeness (QED) is 0.572. The lowest BCUT2D eigenvalue weighted by Crippen LogP contribution is -2.09. The van der Waals surface area contributed by atoms with E-state index in [1.807, 2.05) is 48.5 Å². The van der Waals surface area contributed by atoms with E-state index in [0.717, 1.165) is 22.8 Å². The van der Waals surface area contributed by atoms with Gasteiger partial charge in [-0.25, -0.2) is 0 Å². The van der Waals surface area contributed by atoms with Gasteiger partial charge in [0.15, 0.2) is 0 Å². The van der Waals surface area contributed by atoms with Crippen molar-refractivity contribution in [2.45, 2.75) is 5.88 Å². The summed E-state index contributed by atoms with van der Waals surface area (Å²) in [4.78, 5) is 0. The first-order valence-electron chi connectivity index (χ1n) is 6.36. The molecule has 0 amide bonds. The van der Waals surface area contributed by atoms with Crippen molar-refractivity contribution in [3.8, 4) is 17.2 Å². The van der Waals surface area contributed by atoms with Crippen LogP contribution in [0.1, 0.15) is 5.56 Å². The average molecular weight is 293 g/mol. The fourth-order valence-corrected chi connectivity index (χ4v) is 1.88.